The molecule has 1 aliphatic rings. The summed E-state index contributed by atoms with van der Waals surface area (Å²) in [5, 5.41) is 17.8. The van der Waals surface area contributed by atoms with Gasteiger partial charge in [-0.25, -0.2) is 0 Å². The quantitative estimate of drug-likeness (QED) is 0.815. The fraction of sp³-hybridized carbons (Fsp3) is 0.385. The number of nitrogens with zero attached hydrogens (tertiary/aromatic N) is 1. The SMILES string of the molecule is O=C(O)CN(CC(=O)O)CC1Cc2ccccc2S1. The second kappa shape index (κ2) is 6.08. The van der Waals surface area contributed by atoms with Gasteiger partial charge in [0.2, 0.25) is 0 Å². The number of rotatable bonds is 6. The van der Waals surface area contributed by atoms with Crippen LogP contribution in [0.1, 0.15) is 5.56 Å². The van der Waals surface area contributed by atoms with Crippen molar-refractivity contribution in [3.05, 3.63) is 29.8 Å². The zero-order valence-corrected chi connectivity index (χ0v) is 11.1. The zero-order valence-electron chi connectivity index (χ0n) is 10.3. The molecule has 1 aliphatic heterocycles. The molecule has 0 spiro atoms. The molecule has 0 aliphatic carbocycles. The summed E-state index contributed by atoms with van der Waals surface area (Å²) in [4.78, 5) is 24.2. The third-order valence-corrected chi connectivity index (χ3v) is 4.19. The zero-order chi connectivity index (χ0) is 13.8. The van der Waals surface area contributed by atoms with E-state index in [-0.39, 0.29) is 18.3 Å². The van der Waals surface area contributed by atoms with E-state index in [4.69, 9.17) is 10.2 Å². The van der Waals surface area contributed by atoms with Crippen LogP contribution in [0.25, 0.3) is 0 Å². The molecule has 1 unspecified atom stereocenters. The highest BCUT2D eigenvalue weighted by atomic mass is 32.2. The van der Waals surface area contributed by atoms with E-state index in [1.807, 2.05) is 18.2 Å². The van der Waals surface area contributed by atoms with Gasteiger partial charge >= 0.3 is 11.9 Å². The van der Waals surface area contributed by atoms with Crippen molar-refractivity contribution in [1.82, 2.24) is 4.90 Å². The monoisotopic (exact) mass is 281 g/mol. The second-order valence-corrected chi connectivity index (χ2v) is 5.85. The molecule has 0 fully saturated rings. The van der Waals surface area contributed by atoms with E-state index in [1.165, 1.54) is 15.4 Å². The van der Waals surface area contributed by atoms with Gasteiger partial charge in [-0.05, 0) is 18.1 Å². The molecule has 2 rings (SSSR count). The number of hydrogen-bond donors (Lipinski definition) is 2. The van der Waals surface area contributed by atoms with Crippen molar-refractivity contribution in [3.63, 3.8) is 0 Å². The van der Waals surface area contributed by atoms with Crippen LogP contribution in [0.2, 0.25) is 0 Å². The number of carboxylic acid groups (broad SMARTS) is 2. The lowest BCUT2D eigenvalue weighted by Crippen LogP contribution is -2.38. The first-order valence-corrected chi connectivity index (χ1v) is 6.83. The smallest absolute Gasteiger partial charge is 0.317 e. The number of thioether (sulfide) groups is 1. The van der Waals surface area contributed by atoms with Crippen LogP contribution >= 0.6 is 11.8 Å². The van der Waals surface area contributed by atoms with E-state index in [0.29, 0.717) is 6.54 Å². The summed E-state index contributed by atoms with van der Waals surface area (Å²) in [7, 11) is 0. The Morgan fingerprint density at radius 2 is 1.84 bits per heavy atom. The van der Waals surface area contributed by atoms with Gasteiger partial charge in [0, 0.05) is 16.7 Å². The van der Waals surface area contributed by atoms with Crippen LogP contribution in [0.5, 0.6) is 0 Å². The van der Waals surface area contributed by atoms with Gasteiger partial charge in [-0.1, -0.05) is 18.2 Å². The molecular formula is C13H15NO4S. The van der Waals surface area contributed by atoms with E-state index in [2.05, 4.69) is 6.07 Å². The van der Waals surface area contributed by atoms with E-state index < -0.39 is 11.9 Å². The molecule has 6 heteroatoms. The summed E-state index contributed by atoms with van der Waals surface area (Å²) in [6.07, 6.45) is 0.858. The van der Waals surface area contributed by atoms with Crippen LogP contribution in [-0.4, -0.2) is 51.9 Å². The first kappa shape index (κ1) is 13.9. The maximum atomic E-state index is 10.7. The minimum absolute atomic E-state index is 0.219. The third-order valence-electron chi connectivity index (χ3n) is 2.89. The number of carbonyl (C=O) groups is 2. The normalized spacial score (nSPS) is 17.4. The number of benzene rings is 1. The Balaban J connectivity index is 1.96. The highest BCUT2D eigenvalue weighted by molar-refractivity contribution is 8.00. The average Bonchev–Trinajstić information content (AvgIpc) is 2.68. The molecule has 0 amide bonds. The van der Waals surface area contributed by atoms with Crippen molar-refractivity contribution in [1.29, 1.82) is 0 Å². The molecule has 1 aromatic carbocycles. The van der Waals surface area contributed by atoms with Crippen LogP contribution in [-0.2, 0) is 16.0 Å². The highest BCUT2D eigenvalue weighted by Gasteiger charge is 2.25. The largest absolute Gasteiger partial charge is 0.480 e. The molecule has 0 radical (unpaired) electrons. The maximum absolute atomic E-state index is 10.7. The topological polar surface area (TPSA) is 77.8 Å². The summed E-state index contributed by atoms with van der Waals surface area (Å²) in [6.45, 7) is -0.00262. The molecule has 0 aromatic heterocycles. The van der Waals surface area contributed by atoms with Crippen LogP contribution in [0.3, 0.4) is 0 Å². The van der Waals surface area contributed by atoms with Crippen LogP contribution in [0, 0.1) is 0 Å². The highest BCUT2D eigenvalue weighted by Crippen LogP contribution is 2.36. The van der Waals surface area contributed by atoms with Gasteiger partial charge in [0.05, 0.1) is 13.1 Å². The summed E-state index contributed by atoms with van der Waals surface area (Å²) >= 11 is 1.69. The predicted octanol–water partition coefficient (Wildman–Crippen LogP) is 1.17. The van der Waals surface area contributed by atoms with Crippen LogP contribution in [0.15, 0.2) is 29.2 Å². The average molecular weight is 281 g/mol. The van der Waals surface area contributed by atoms with Gasteiger partial charge in [-0.3, -0.25) is 14.5 Å². The molecule has 19 heavy (non-hydrogen) atoms. The second-order valence-electron chi connectivity index (χ2n) is 4.51. The Labute approximate surface area is 115 Å². The predicted molar refractivity (Wildman–Crippen MR) is 71.5 cm³/mol. The van der Waals surface area contributed by atoms with Crippen molar-refractivity contribution in [2.24, 2.45) is 0 Å². The molecule has 0 saturated heterocycles. The molecule has 0 bridgehead atoms. The van der Waals surface area contributed by atoms with Crippen molar-refractivity contribution in [2.75, 3.05) is 19.6 Å². The van der Waals surface area contributed by atoms with Gasteiger partial charge in [0.25, 0.3) is 0 Å². The molecule has 5 nitrogen and oxygen atoms in total. The summed E-state index contributed by atoms with van der Waals surface area (Å²) in [6, 6.07) is 8.05. The van der Waals surface area contributed by atoms with E-state index >= 15 is 0 Å². The first-order valence-electron chi connectivity index (χ1n) is 5.95. The molecular weight excluding hydrogens is 266 g/mol. The Kier molecular flexibility index (Phi) is 4.44. The van der Waals surface area contributed by atoms with Crippen molar-refractivity contribution in [3.8, 4) is 0 Å². The minimum atomic E-state index is -0.998. The Bertz CT molecular complexity index is 450. The van der Waals surface area contributed by atoms with E-state index in [9.17, 15) is 9.59 Å². The Morgan fingerprint density at radius 1 is 1.21 bits per heavy atom. The summed E-state index contributed by atoms with van der Waals surface area (Å²) in [5.41, 5.74) is 1.25. The lowest BCUT2D eigenvalue weighted by Gasteiger charge is -2.21. The van der Waals surface area contributed by atoms with E-state index in [0.717, 1.165) is 6.42 Å². The molecule has 0 saturated carbocycles. The van der Waals surface area contributed by atoms with Gasteiger partial charge < -0.3 is 10.2 Å². The number of aliphatic carboxylic acids is 2. The van der Waals surface area contributed by atoms with Crippen LogP contribution in [0.4, 0.5) is 0 Å². The lowest BCUT2D eigenvalue weighted by molar-refractivity contribution is -0.141. The third kappa shape index (κ3) is 3.97. The standard InChI is InChI=1S/C13H15NO4S/c15-12(16)7-14(8-13(17)18)6-10-5-9-3-1-2-4-11(9)19-10/h1-4,10H,5-8H2,(H,15,16)(H,17,18). The van der Waals surface area contributed by atoms with Crippen molar-refractivity contribution < 1.29 is 19.8 Å². The summed E-state index contributed by atoms with van der Waals surface area (Å²) in [5.74, 6) is -2.00. The van der Waals surface area contributed by atoms with Gasteiger partial charge in [0.1, 0.15) is 0 Å². The molecule has 1 heterocycles. The van der Waals surface area contributed by atoms with Crippen molar-refractivity contribution >= 4 is 23.7 Å². The molecule has 1 aromatic rings. The van der Waals surface area contributed by atoms with Gasteiger partial charge in [-0.15, -0.1) is 11.8 Å². The Hall–Kier alpha value is -1.53. The number of carboxylic acids is 2. The van der Waals surface area contributed by atoms with Gasteiger partial charge in [-0.2, -0.15) is 0 Å². The molecule has 102 valence electrons. The fourth-order valence-electron chi connectivity index (χ4n) is 2.21. The molecule has 2 N–H and O–H groups in total. The number of fused-ring (bicyclic) bond motifs is 1. The number of hydrogen-bond acceptors (Lipinski definition) is 4. The first-order chi connectivity index (χ1) is 9.04. The molecule has 1 atom stereocenters. The maximum Gasteiger partial charge on any atom is 0.317 e. The fourth-order valence-corrected chi connectivity index (χ4v) is 3.58. The minimum Gasteiger partial charge on any atom is -0.480 e. The lowest BCUT2D eigenvalue weighted by atomic mass is 10.1. The Morgan fingerprint density at radius 3 is 2.42 bits per heavy atom. The summed E-state index contributed by atoms with van der Waals surface area (Å²) < 4.78 is 0. The van der Waals surface area contributed by atoms with Gasteiger partial charge in [0.15, 0.2) is 0 Å². The van der Waals surface area contributed by atoms with E-state index in [1.54, 1.807) is 11.8 Å². The van der Waals surface area contributed by atoms with Crippen LogP contribution < -0.4 is 0 Å². The van der Waals surface area contributed by atoms with Crippen molar-refractivity contribution in [2.45, 2.75) is 16.6 Å².